The van der Waals surface area contributed by atoms with Crippen LogP contribution in [0.15, 0.2) is 27.1 Å². The van der Waals surface area contributed by atoms with E-state index < -0.39 is 11.7 Å². The summed E-state index contributed by atoms with van der Waals surface area (Å²) in [6.07, 6.45) is -0.405. The topological polar surface area (TPSA) is 50.4 Å². The molecule has 0 radical (unpaired) electrons. The number of amides is 1. The van der Waals surface area contributed by atoms with E-state index in [1.807, 2.05) is 45.9 Å². The highest BCUT2D eigenvalue weighted by Crippen LogP contribution is 2.30. The van der Waals surface area contributed by atoms with Gasteiger partial charge in [-0.2, -0.15) is 0 Å². The molecule has 1 aromatic carbocycles. The van der Waals surface area contributed by atoms with Crippen molar-refractivity contribution in [3.8, 4) is 0 Å². The lowest BCUT2D eigenvalue weighted by Crippen LogP contribution is -2.38. The molecule has 0 saturated carbocycles. The van der Waals surface area contributed by atoms with Gasteiger partial charge >= 0.3 is 6.09 Å². The molecule has 0 fully saturated rings. The number of anilines is 1. The van der Waals surface area contributed by atoms with Crippen LogP contribution in [-0.4, -0.2) is 24.3 Å². The zero-order valence-electron chi connectivity index (χ0n) is 12.1. The number of hydrogen-bond donors (Lipinski definition) is 2. The molecule has 20 heavy (non-hydrogen) atoms. The van der Waals surface area contributed by atoms with Crippen LogP contribution in [0.4, 0.5) is 10.5 Å². The Balaban J connectivity index is 2.48. The van der Waals surface area contributed by atoms with Crippen molar-refractivity contribution in [3.63, 3.8) is 0 Å². The van der Waals surface area contributed by atoms with Gasteiger partial charge < -0.3 is 15.4 Å². The number of carbonyl (C=O) groups excluding carboxylic acids is 1. The number of benzene rings is 1. The number of para-hydroxylation sites is 1. The largest absolute Gasteiger partial charge is 0.444 e. The van der Waals surface area contributed by atoms with E-state index >= 15 is 0 Å². The molecule has 6 heteroatoms. The van der Waals surface area contributed by atoms with Crippen molar-refractivity contribution in [3.05, 3.63) is 27.1 Å². The molecule has 1 unspecified atom stereocenters. The van der Waals surface area contributed by atoms with Gasteiger partial charge in [0, 0.05) is 21.5 Å². The third kappa shape index (κ3) is 6.13. The highest BCUT2D eigenvalue weighted by molar-refractivity contribution is 9.11. The maximum absolute atomic E-state index is 11.6. The quantitative estimate of drug-likeness (QED) is 0.770. The fourth-order valence-corrected chi connectivity index (χ4v) is 2.71. The first-order valence-corrected chi connectivity index (χ1v) is 7.95. The molecule has 0 heterocycles. The molecule has 1 amide bonds. The molecular weight excluding hydrogens is 388 g/mol. The first-order chi connectivity index (χ1) is 9.19. The van der Waals surface area contributed by atoms with Crippen LogP contribution in [0.1, 0.15) is 27.7 Å². The van der Waals surface area contributed by atoms with Crippen molar-refractivity contribution in [1.29, 1.82) is 0 Å². The van der Waals surface area contributed by atoms with Crippen molar-refractivity contribution in [2.45, 2.75) is 39.3 Å². The van der Waals surface area contributed by atoms with Crippen molar-refractivity contribution in [1.82, 2.24) is 5.32 Å². The first-order valence-electron chi connectivity index (χ1n) is 6.36. The summed E-state index contributed by atoms with van der Waals surface area (Å²) in [5.41, 5.74) is 0.484. The summed E-state index contributed by atoms with van der Waals surface area (Å²) in [5.74, 6) is 0. The van der Waals surface area contributed by atoms with Gasteiger partial charge in [-0.15, -0.1) is 0 Å². The number of ether oxygens (including phenoxy) is 1. The van der Waals surface area contributed by atoms with E-state index in [1.165, 1.54) is 0 Å². The van der Waals surface area contributed by atoms with Gasteiger partial charge in [0.1, 0.15) is 5.60 Å². The van der Waals surface area contributed by atoms with E-state index in [0.717, 1.165) is 14.6 Å². The van der Waals surface area contributed by atoms with Gasteiger partial charge in [0.25, 0.3) is 0 Å². The molecule has 1 atom stereocenters. The van der Waals surface area contributed by atoms with Crippen LogP contribution in [-0.2, 0) is 4.74 Å². The zero-order valence-corrected chi connectivity index (χ0v) is 15.3. The Labute approximate surface area is 136 Å². The summed E-state index contributed by atoms with van der Waals surface area (Å²) in [7, 11) is 0. The SMILES string of the molecule is CC(CNC(=O)OC(C)(C)C)Nc1c(Br)cccc1Br. The lowest BCUT2D eigenvalue weighted by Gasteiger charge is -2.22. The van der Waals surface area contributed by atoms with E-state index in [0.29, 0.717) is 6.54 Å². The molecule has 0 aromatic heterocycles. The summed E-state index contributed by atoms with van der Waals surface area (Å²) < 4.78 is 7.13. The van der Waals surface area contributed by atoms with E-state index in [4.69, 9.17) is 4.74 Å². The second-order valence-corrected chi connectivity index (χ2v) is 7.23. The summed E-state index contributed by atoms with van der Waals surface area (Å²) >= 11 is 6.98. The highest BCUT2D eigenvalue weighted by atomic mass is 79.9. The lowest BCUT2D eigenvalue weighted by molar-refractivity contribution is 0.0526. The molecule has 112 valence electrons. The molecule has 1 rings (SSSR count). The number of carbonyl (C=O) groups is 1. The first kappa shape index (κ1) is 17.3. The molecule has 1 aromatic rings. The summed E-state index contributed by atoms with van der Waals surface area (Å²) in [6.45, 7) is 7.98. The van der Waals surface area contributed by atoms with E-state index in [2.05, 4.69) is 42.5 Å². The molecule has 0 aliphatic rings. The number of nitrogens with one attached hydrogen (secondary N) is 2. The van der Waals surface area contributed by atoms with E-state index in [-0.39, 0.29) is 6.04 Å². The summed E-state index contributed by atoms with van der Waals surface area (Å²) in [5, 5.41) is 6.08. The van der Waals surface area contributed by atoms with Gasteiger partial charge in [-0.1, -0.05) is 6.07 Å². The Bertz CT molecular complexity index is 452. The molecule has 0 aliphatic carbocycles. The van der Waals surface area contributed by atoms with Gasteiger partial charge in [0.2, 0.25) is 0 Å². The minimum Gasteiger partial charge on any atom is -0.444 e. The van der Waals surface area contributed by atoms with Crippen LogP contribution >= 0.6 is 31.9 Å². The molecule has 4 nitrogen and oxygen atoms in total. The molecule has 2 N–H and O–H groups in total. The molecular formula is C14H20Br2N2O2. The number of halogens is 2. The minimum absolute atomic E-state index is 0.0671. The number of hydrogen-bond acceptors (Lipinski definition) is 3. The van der Waals surface area contributed by atoms with Crippen molar-refractivity contribution in [2.75, 3.05) is 11.9 Å². The van der Waals surface area contributed by atoms with Crippen LogP contribution in [0.25, 0.3) is 0 Å². The zero-order chi connectivity index (χ0) is 15.3. The fraction of sp³-hybridized carbons (Fsp3) is 0.500. The van der Waals surface area contributed by atoms with E-state index in [1.54, 1.807) is 0 Å². The van der Waals surface area contributed by atoms with Gasteiger partial charge in [-0.05, 0) is 71.7 Å². The van der Waals surface area contributed by atoms with Gasteiger partial charge in [0.15, 0.2) is 0 Å². The second kappa shape index (κ2) is 7.31. The fourth-order valence-electron chi connectivity index (χ4n) is 1.48. The summed E-state index contributed by atoms with van der Waals surface area (Å²) in [6, 6.07) is 5.93. The Kier molecular flexibility index (Phi) is 6.33. The Morgan fingerprint density at radius 3 is 2.35 bits per heavy atom. The van der Waals surface area contributed by atoms with Crippen LogP contribution in [0.5, 0.6) is 0 Å². The number of rotatable bonds is 4. The maximum atomic E-state index is 11.6. The van der Waals surface area contributed by atoms with Crippen molar-refractivity contribution < 1.29 is 9.53 Å². The number of alkyl carbamates (subject to hydrolysis) is 1. The maximum Gasteiger partial charge on any atom is 0.407 e. The normalized spacial score (nSPS) is 12.7. The Hall–Kier alpha value is -0.750. The van der Waals surface area contributed by atoms with E-state index in [9.17, 15) is 4.79 Å². The van der Waals surface area contributed by atoms with Crippen molar-refractivity contribution >= 4 is 43.6 Å². The molecule has 0 bridgehead atoms. The molecule has 0 spiro atoms. The average molecular weight is 408 g/mol. The minimum atomic E-state index is -0.480. The molecule has 0 aliphatic heterocycles. The Morgan fingerprint density at radius 1 is 1.30 bits per heavy atom. The molecule has 0 saturated heterocycles. The van der Waals surface area contributed by atoms with Crippen molar-refractivity contribution in [2.24, 2.45) is 0 Å². The highest BCUT2D eigenvalue weighted by Gasteiger charge is 2.16. The third-order valence-corrected chi connectivity index (χ3v) is 3.63. The summed E-state index contributed by atoms with van der Waals surface area (Å²) in [4.78, 5) is 11.6. The predicted molar refractivity (Wildman–Crippen MR) is 89.2 cm³/mol. The average Bonchev–Trinajstić information content (AvgIpc) is 2.29. The Morgan fingerprint density at radius 2 is 1.85 bits per heavy atom. The van der Waals surface area contributed by atoms with Crippen LogP contribution in [0, 0.1) is 0 Å². The van der Waals surface area contributed by atoms with Crippen LogP contribution in [0.2, 0.25) is 0 Å². The van der Waals surface area contributed by atoms with Gasteiger partial charge in [-0.3, -0.25) is 0 Å². The van der Waals surface area contributed by atoms with Gasteiger partial charge in [0.05, 0.1) is 5.69 Å². The lowest BCUT2D eigenvalue weighted by atomic mass is 10.2. The van der Waals surface area contributed by atoms with Crippen LogP contribution in [0.3, 0.4) is 0 Å². The second-order valence-electron chi connectivity index (χ2n) is 5.52. The smallest absolute Gasteiger partial charge is 0.407 e. The standard InChI is InChI=1S/C14H20Br2N2O2/c1-9(8-17-13(19)20-14(2,3)4)18-12-10(15)6-5-7-11(12)16/h5-7,9,18H,8H2,1-4H3,(H,17,19). The van der Waals surface area contributed by atoms with Gasteiger partial charge in [-0.25, -0.2) is 4.79 Å². The third-order valence-electron chi connectivity index (χ3n) is 2.30. The monoisotopic (exact) mass is 406 g/mol. The van der Waals surface area contributed by atoms with Crippen LogP contribution < -0.4 is 10.6 Å². The predicted octanol–water partition coefficient (Wildman–Crippen LogP) is 4.54.